The molecule has 1 amide bonds. The molecule has 4 N–H and O–H groups in total. The van der Waals surface area contributed by atoms with Crippen molar-refractivity contribution < 1.29 is 22.7 Å². The van der Waals surface area contributed by atoms with E-state index >= 15 is 0 Å². The number of anilines is 1. The maximum atomic E-state index is 11.6. The summed E-state index contributed by atoms with van der Waals surface area (Å²) in [6, 6.07) is 4.71. The third-order valence-electron chi connectivity index (χ3n) is 2.15. The summed E-state index contributed by atoms with van der Waals surface area (Å²) in [6.45, 7) is 0.295. The van der Waals surface area contributed by atoms with E-state index in [1.165, 1.54) is 13.2 Å². The number of nitrogens with one attached hydrogen (secondary N) is 2. The number of amides is 1. The number of ether oxygens (including phenoxy) is 2. The molecule has 106 valence electrons. The first kappa shape index (κ1) is 15.1. The van der Waals surface area contributed by atoms with Crippen LogP contribution in [0, 0.1) is 0 Å². The Balaban J connectivity index is 2.96. The second-order valence-electron chi connectivity index (χ2n) is 3.44. The van der Waals surface area contributed by atoms with Crippen LogP contribution in [0.25, 0.3) is 0 Å². The first-order valence-corrected chi connectivity index (χ1v) is 6.65. The molecule has 0 unspecified atom stereocenters. The summed E-state index contributed by atoms with van der Waals surface area (Å²) in [7, 11) is -1.64. The van der Waals surface area contributed by atoms with Crippen molar-refractivity contribution >= 4 is 22.0 Å². The van der Waals surface area contributed by atoms with Crippen molar-refractivity contribution in [3.05, 3.63) is 23.8 Å². The molecule has 0 spiro atoms. The lowest BCUT2D eigenvalue weighted by Gasteiger charge is -2.12. The van der Waals surface area contributed by atoms with Crippen molar-refractivity contribution in [1.82, 2.24) is 4.72 Å². The largest absolute Gasteiger partial charge is 0.495 e. The quantitative estimate of drug-likeness (QED) is 0.710. The lowest BCUT2D eigenvalue weighted by molar-refractivity contribution is 0.177. The van der Waals surface area contributed by atoms with Crippen LogP contribution in [-0.2, 0) is 21.5 Å². The van der Waals surface area contributed by atoms with Crippen molar-refractivity contribution in [3.8, 4) is 5.75 Å². The Morgan fingerprint density at radius 2 is 2.05 bits per heavy atom. The molecule has 0 fully saturated rings. The number of carbonyl (C=O) groups excluding carboxylic acids is 1. The molecule has 9 heteroatoms. The van der Waals surface area contributed by atoms with Crippen molar-refractivity contribution in [3.63, 3.8) is 0 Å². The van der Waals surface area contributed by atoms with E-state index in [4.69, 9.17) is 10.5 Å². The molecule has 0 saturated carbocycles. The van der Waals surface area contributed by atoms with Gasteiger partial charge in [0, 0.05) is 6.54 Å². The molecule has 0 aliphatic carbocycles. The number of carbonyl (C=O) groups is 1. The predicted molar refractivity (Wildman–Crippen MR) is 69.0 cm³/mol. The highest BCUT2D eigenvalue weighted by atomic mass is 32.2. The molecule has 0 atom stereocenters. The number of nitrogens with two attached hydrogens (primary N) is 1. The van der Waals surface area contributed by atoms with E-state index in [1.807, 2.05) is 0 Å². The Hall–Kier alpha value is -2.00. The van der Waals surface area contributed by atoms with Gasteiger partial charge in [0.2, 0.25) is 0 Å². The van der Waals surface area contributed by atoms with E-state index in [9.17, 15) is 13.2 Å². The topological polar surface area (TPSA) is 120 Å². The van der Waals surface area contributed by atoms with Crippen molar-refractivity contribution in [2.45, 2.75) is 6.54 Å². The molecule has 0 saturated heterocycles. The standard InChI is InChI=1S/C10H15N3O5S/c1-17-9-5-7(6-11)3-4-8(9)12-19(15,16)13-10(14)18-2/h3-5,12H,6,11H2,1-2H3,(H,13,14). The Bertz CT molecular complexity index is 558. The van der Waals surface area contributed by atoms with E-state index in [0.717, 1.165) is 12.7 Å². The number of hydrogen-bond donors (Lipinski definition) is 3. The number of rotatable bonds is 5. The lowest BCUT2D eigenvalue weighted by Crippen LogP contribution is -2.35. The summed E-state index contributed by atoms with van der Waals surface area (Å²) in [5.41, 5.74) is 6.42. The van der Waals surface area contributed by atoms with Gasteiger partial charge >= 0.3 is 16.3 Å². The van der Waals surface area contributed by atoms with Gasteiger partial charge in [0.05, 0.1) is 19.9 Å². The SMILES string of the molecule is COC(=O)NS(=O)(=O)Nc1ccc(CN)cc1OC. The molecule has 0 aliphatic rings. The molecule has 0 radical (unpaired) electrons. The van der Waals surface area contributed by atoms with E-state index < -0.39 is 16.3 Å². The van der Waals surface area contributed by atoms with Gasteiger partial charge in [0.15, 0.2) is 0 Å². The van der Waals surface area contributed by atoms with Crippen LogP contribution in [0.2, 0.25) is 0 Å². The highest BCUT2D eigenvalue weighted by Crippen LogP contribution is 2.26. The summed E-state index contributed by atoms with van der Waals surface area (Å²) < 4.78 is 36.2. The monoisotopic (exact) mass is 289 g/mol. The van der Waals surface area contributed by atoms with Gasteiger partial charge in [-0.1, -0.05) is 6.07 Å². The zero-order valence-corrected chi connectivity index (χ0v) is 11.3. The van der Waals surface area contributed by atoms with E-state index in [1.54, 1.807) is 16.9 Å². The first-order valence-electron chi connectivity index (χ1n) is 5.17. The van der Waals surface area contributed by atoms with Crippen LogP contribution >= 0.6 is 0 Å². The Morgan fingerprint density at radius 3 is 2.58 bits per heavy atom. The Morgan fingerprint density at radius 1 is 1.37 bits per heavy atom. The normalized spacial score (nSPS) is 10.7. The Kier molecular flexibility index (Phi) is 4.95. The van der Waals surface area contributed by atoms with Gasteiger partial charge < -0.3 is 15.2 Å². The molecular formula is C10H15N3O5S. The number of benzene rings is 1. The predicted octanol–water partition coefficient (Wildman–Crippen LogP) is 0.167. The second-order valence-corrected chi connectivity index (χ2v) is 4.85. The van der Waals surface area contributed by atoms with Crippen LogP contribution in [0.3, 0.4) is 0 Å². The van der Waals surface area contributed by atoms with Crippen LogP contribution < -0.4 is 19.9 Å². The smallest absolute Gasteiger partial charge is 0.422 e. The number of hydrogen-bond acceptors (Lipinski definition) is 6. The van der Waals surface area contributed by atoms with Crippen LogP contribution in [0.4, 0.5) is 10.5 Å². The van der Waals surface area contributed by atoms with Crippen LogP contribution in [0.1, 0.15) is 5.56 Å². The molecule has 1 rings (SSSR count). The van der Waals surface area contributed by atoms with Crippen molar-refractivity contribution in [1.29, 1.82) is 0 Å². The maximum absolute atomic E-state index is 11.6. The fourth-order valence-electron chi connectivity index (χ4n) is 1.27. The fourth-order valence-corrected chi connectivity index (χ4v) is 2.08. The highest BCUT2D eigenvalue weighted by Gasteiger charge is 2.16. The van der Waals surface area contributed by atoms with Crippen molar-refractivity contribution in [2.24, 2.45) is 5.73 Å². The van der Waals surface area contributed by atoms with Gasteiger partial charge in [0.25, 0.3) is 0 Å². The summed E-state index contributed by atoms with van der Waals surface area (Å²) >= 11 is 0. The Labute approximate surface area is 111 Å². The minimum atomic E-state index is -4.08. The number of methoxy groups -OCH3 is 2. The second kappa shape index (κ2) is 6.25. The average Bonchev–Trinajstić information content (AvgIpc) is 2.38. The minimum Gasteiger partial charge on any atom is -0.495 e. The molecule has 19 heavy (non-hydrogen) atoms. The first-order chi connectivity index (χ1) is 8.91. The third kappa shape index (κ3) is 4.30. The van der Waals surface area contributed by atoms with E-state index in [-0.39, 0.29) is 11.4 Å². The molecule has 0 aliphatic heterocycles. The summed E-state index contributed by atoms with van der Waals surface area (Å²) in [5.74, 6) is 0.290. The van der Waals surface area contributed by atoms with Crippen LogP contribution in [0.5, 0.6) is 5.75 Å². The van der Waals surface area contributed by atoms with Crippen LogP contribution in [0.15, 0.2) is 18.2 Å². The maximum Gasteiger partial charge on any atom is 0.422 e. The van der Waals surface area contributed by atoms with Crippen LogP contribution in [-0.4, -0.2) is 28.7 Å². The van der Waals surface area contributed by atoms with Gasteiger partial charge in [0.1, 0.15) is 5.75 Å². The molecule has 0 heterocycles. The average molecular weight is 289 g/mol. The van der Waals surface area contributed by atoms with Gasteiger partial charge in [-0.25, -0.2) is 9.52 Å². The molecule has 1 aromatic rings. The molecule has 8 nitrogen and oxygen atoms in total. The summed E-state index contributed by atoms with van der Waals surface area (Å²) in [4.78, 5) is 10.9. The minimum absolute atomic E-state index is 0.177. The van der Waals surface area contributed by atoms with Gasteiger partial charge in [-0.05, 0) is 17.7 Å². The van der Waals surface area contributed by atoms with Gasteiger partial charge in [-0.2, -0.15) is 8.42 Å². The van der Waals surface area contributed by atoms with Gasteiger partial charge in [-0.3, -0.25) is 4.72 Å². The summed E-state index contributed by atoms with van der Waals surface area (Å²) in [5, 5.41) is 0. The fraction of sp³-hybridized carbons (Fsp3) is 0.300. The molecular weight excluding hydrogens is 274 g/mol. The zero-order chi connectivity index (χ0) is 14.5. The van der Waals surface area contributed by atoms with Crippen molar-refractivity contribution in [2.75, 3.05) is 18.9 Å². The molecule has 1 aromatic carbocycles. The zero-order valence-electron chi connectivity index (χ0n) is 10.5. The highest BCUT2D eigenvalue weighted by molar-refractivity contribution is 7.91. The van der Waals surface area contributed by atoms with E-state index in [0.29, 0.717) is 6.54 Å². The van der Waals surface area contributed by atoms with Gasteiger partial charge in [-0.15, -0.1) is 0 Å². The lowest BCUT2D eigenvalue weighted by atomic mass is 10.2. The summed E-state index contributed by atoms with van der Waals surface area (Å²) in [6.07, 6.45) is -1.09. The molecule has 0 bridgehead atoms. The molecule has 0 aromatic heterocycles. The third-order valence-corrected chi connectivity index (χ3v) is 3.07. The van der Waals surface area contributed by atoms with E-state index in [2.05, 4.69) is 9.46 Å².